The largest absolute Gasteiger partial charge is 0.416 e. The van der Waals surface area contributed by atoms with Gasteiger partial charge in [0.15, 0.2) is 0 Å². The molecule has 7 heteroatoms. The minimum absolute atomic E-state index is 0.0249. The van der Waals surface area contributed by atoms with E-state index in [1.807, 2.05) is 0 Å². The van der Waals surface area contributed by atoms with Crippen LogP contribution in [0.5, 0.6) is 0 Å². The van der Waals surface area contributed by atoms with Crippen LogP contribution in [0.4, 0.5) is 13.2 Å². The summed E-state index contributed by atoms with van der Waals surface area (Å²) in [5, 5.41) is 2.77. The molecule has 1 amide bonds. The quantitative estimate of drug-likeness (QED) is 0.816. The van der Waals surface area contributed by atoms with Crippen LogP contribution in [0.25, 0.3) is 5.70 Å². The maximum absolute atomic E-state index is 12.9. The lowest BCUT2D eigenvalue weighted by Crippen LogP contribution is -2.23. The molecule has 3 nitrogen and oxygen atoms in total. The van der Waals surface area contributed by atoms with E-state index in [2.05, 4.69) is 5.32 Å². The van der Waals surface area contributed by atoms with Crippen molar-refractivity contribution < 1.29 is 18.0 Å². The van der Waals surface area contributed by atoms with Crippen molar-refractivity contribution in [2.45, 2.75) is 12.7 Å². The van der Waals surface area contributed by atoms with Crippen LogP contribution in [0.15, 0.2) is 54.6 Å². The molecule has 0 unspecified atom stereocenters. The standard InChI is InChI=1S/C17H14ClF3N2O/c18-14-8-4-2-6-12(14)15(22)9-16(24)23-10-11-5-1-3-7-13(11)17(19,20)21/h1-9H,10,22H2,(H,23,24)/b15-9-. The molecule has 0 atom stereocenters. The third kappa shape index (κ3) is 4.52. The normalized spacial score (nSPS) is 12.1. The summed E-state index contributed by atoms with van der Waals surface area (Å²) >= 11 is 5.97. The Bertz CT molecular complexity index is 772. The van der Waals surface area contributed by atoms with Crippen molar-refractivity contribution in [3.8, 4) is 0 Å². The lowest BCUT2D eigenvalue weighted by atomic mass is 10.1. The molecule has 0 radical (unpaired) electrons. The molecule has 2 rings (SSSR count). The zero-order valence-corrected chi connectivity index (χ0v) is 13.2. The van der Waals surface area contributed by atoms with Gasteiger partial charge in [-0.25, -0.2) is 0 Å². The molecule has 0 spiro atoms. The van der Waals surface area contributed by atoms with Gasteiger partial charge in [-0.15, -0.1) is 0 Å². The van der Waals surface area contributed by atoms with Crippen LogP contribution in [0.1, 0.15) is 16.7 Å². The monoisotopic (exact) mass is 354 g/mol. The predicted molar refractivity (Wildman–Crippen MR) is 86.9 cm³/mol. The molecule has 0 aromatic heterocycles. The summed E-state index contributed by atoms with van der Waals surface area (Å²) in [5.74, 6) is -0.607. The van der Waals surface area contributed by atoms with Gasteiger partial charge in [-0.05, 0) is 17.7 Å². The van der Waals surface area contributed by atoms with E-state index >= 15 is 0 Å². The number of amides is 1. The molecule has 0 fully saturated rings. The van der Waals surface area contributed by atoms with E-state index in [4.69, 9.17) is 17.3 Å². The van der Waals surface area contributed by atoms with Crippen molar-refractivity contribution in [3.05, 3.63) is 76.3 Å². The summed E-state index contributed by atoms with van der Waals surface area (Å²) in [7, 11) is 0. The van der Waals surface area contributed by atoms with Gasteiger partial charge >= 0.3 is 6.18 Å². The van der Waals surface area contributed by atoms with Gasteiger partial charge in [0.25, 0.3) is 0 Å². The lowest BCUT2D eigenvalue weighted by molar-refractivity contribution is -0.138. The number of alkyl halides is 3. The Morgan fingerprint density at radius 3 is 2.42 bits per heavy atom. The van der Waals surface area contributed by atoms with Crippen LogP contribution in [-0.2, 0) is 17.5 Å². The Balaban J connectivity index is 2.10. The summed E-state index contributed by atoms with van der Waals surface area (Å²) in [6.45, 7) is -0.263. The molecular formula is C17H14ClF3N2O. The second-order valence-electron chi connectivity index (χ2n) is 4.95. The van der Waals surface area contributed by atoms with Crippen molar-refractivity contribution in [3.63, 3.8) is 0 Å². The van der Waals surface area contributed by atoms with Crippen LogP contribution in [0.3, 0.4) is 0 Å². The van der Waals surface area contributed by atoms with E-state index in [0.29, 0.717) is 10.6 Å². The Kier molecular flexibility index (Phi) is 5.51. The van der Waals surface area contributed by atoms with E-state index in [-0.39, 0.29) is 17.8 Å². The number of carbonyl (C=O) groups excluding carboxylic acids is 1. The van der Waals surface area contributed by atoms with Gasteiger partial charge in [-0.1, -0.05) is 48.0 Å². The third-order valence-electron chi connectivity index (χ3n) is 3.25. The van der Waals surface area contributed by atoms with E-state index < -0.39 is 17.6 Å². The van der Waals surface area contributed by atoms with Crippen LogP contribution in [0.2, 0.25) is 5.02 Å². The summed E-state index contributed by atoms with van der Waals surface area (Å²) in [5.41, 5.74) is 5.60. The number of rotatable bonds is 4. The molecule has 3 N–H and O–H groups in total. The molecule has 0 bridgehead atoms. The number of hydrogen-bond acceptors (Lipinski definition) is 2. The van der Waals surface area contributed by atoms with Gasteiger partial charge in [0.2, 0.25) is 5.91 Å². The first kappa shape index (κ1) is 17.9. The lowest BCUT2D eigenvalue weighted by Gasteiger charge is -2.12. The Hall–Kier alpha value is -2.47. The highest BCUT2D eigenvalue weighted by Gasteiger charge is 2.32. The second kappa shape index (κ2) is 7.40. The zero-order chi connectivity index (χ0) is 17.7. The summed E-state index contributed by atoms with van der Waals surface area (Å²) < 4.78 is 38.7. The van der Waals surface area contributed by atoms with Crippen LogP contribution >= 0.6 is 11.6 Å². The fraction of sp³-hybridized carbons (Fsp3) is 0.118. The first-order chi connectivity index (χ1) is 11.3. The van der Waals surface area contributed by atoms with Crippen LogP contribution < -0.4 is 11.1 Å². The van der Waals surface area contributed by atoms with Crippen molar-refractivity contribution in [2.24, 2.45) is 5.73 Å². The van der Waals surface area contributed by atoms with Crippen molar-refractivity contribution in [1.29, 1.82) is 0 Å². The molecule has 24 heavy (non-hydrogen) atoms. The fourth-order valence-corrected chi connectivity index (χ4v) is 2.34. The predicted octanol–water partition coefficient (Wildman–Crippen LogP) is 3.97. The second-order valence-corrected chi connectivity index (χ2v) is 5.36. The van der Waals surface area contributed by atoms with Gasteiger partial charge in [0.1, 0.15) is 0 Å². The van der Waals surface area contributed by atoms with Crippen molar-refractivity contribution in [1.82, 2.24) is 5.32 Å². The highest BCUT2D eigenvalue weighted by Crippen LogP contribution is 2.31. The van der Waals surface area contributed by atoms with Crippen LogP contribution in [-0.4, -0.2) is 5.91 Å². The topological polar surface area (TPSA) is 55.1 Å². The number of nitrogens with one attached hydrogen (secondary N) is 1. The Labute approximate surface area is 141 Å². The van der Waals surface area contributed by atoms with Crippen molar-refractivity contribution >= 4 is 23.2 Å². The Morgan fingerprint density at radius 2 is 1.75 bits per heavy atom. The Morgan fingerprint density at radius 1 is 1.12 bits per heavy atom. The molecule has 0 saturated heterocycles. The van der Waals surface area contributed by atoms with E-state index in [9.17, 15) is 18.0 Å². The smallest absolute Gasteiger partial charge is 0.398 e. The summed E-state index contributed by atoms with van der Waals surface area (Å²) in [6.07, 6.45) is -3.38. The number of hydrogen-bond donors (Lipinski definition) is 2. The zero-order valence-electron chi connectivity index (χ0n) is 12.4. The third-order valence-corrected chi connectivity index (χ3v) is 3.58. The molecule has 0 saturated carbocycles. The summed E-state index contributed by atoms with van der Waals surface area (Å²) in [6, 6.07) is 11.7. The summed E-state index contributed by atoms with van der Waals surface area (Å²) in [4.78, 5) is 11.9. The molecule has 2 aromatic carbocycles. The maximum Gasteiger partial charge on any atom is 0.416 e. The fourth-order valence-electron chi connectivity index (χ4n) is 2.10. The number of halogens is 4. The number of benzene rings is 2. The first-order valence-electron chi connectivity index (χ1n) is 6.94. The van der Waals surface area contributed by atoms with Crippen LogP contribution in [0, 0.1) is 0 Å². The minimum Gasteiger partial charge on any atom is -0.398 e. The average molecular weight is 355 g/mol. The molecular weight excluding hydrogens is 341 g/mol. The highest BCUT2D eigenvalue weighted by atomic mass is 35.5. The van der Waals surface area contributed by atoms with E-state index in [0.717, 1.165) is 12.1 Å². The van der Waals surface area contributed by atoms with Crippen molar-refractivity contribution in [2.75, 3.05) is 0 Å². The highest BCUT2D eigenvalue weighted by molar-refractivity contribution is 6.32. The van der Waals surface area contributed by atoms with Gasteiger partial charge in [0.05, 0.1) is 5.56 Å². The minimum atomic E-state index is -4.48. The van der Waals surface area contributed by atoms with Gasteiger partial charge in [-0.2, -0.15) is 13.2 Å². The van der Waals surface area contributed by atoms with E-state index in [1.165, 1.54) is 18.2 Å². The molecule has 0 aliphatic heterocycles. The average Bonchev–Trinajstić information content (AvgIpc) is 2.52. The molecule has 0 aliphatic carbocycles. The van der Waals surface area contributed by atoms with Gasteiger partial charge in [-0.3, -0.25) is 4.79 Å². The molecule has 0 aliphatic rings. The van der Waals surface area contributed by atoms with Gasteiger partial charge < -0.3 is 11.1 Å². The first-order valence-corrected chi connectivity index (χ1v) is 7.32. The SMILES string of the molecule is N/C(=C\C(=O)NCc1ccccc1C(F)(F)F)c1ccccc1Cl. The molecule has 2 aromatic rings. The van der Waals surface area contributed by atoms with E-state index in [1.54, 1.807) is 24.3 Å². The van der Waals surface area contributed by atoms with Gasteiger partial charge in [0, 0.05) is 28.9 Å². The number of carbonyl (C=O) groups is 1. The maximum atomic E-state index is 12.9. The molecule has 0 heterocycles. The molecule has 126 valence electrons. The number of nitrogens with two attached hydrogens (primary N) is 1.